The minimum absolute atomic E-state index is 0.127. The molecule has 1 unspecified atom stereocenters. The molecule has 2 aromatic carbocycles. The smallest absolute Gasteiger partial charge is 0.226 e. The molecule has 0 saturated heterocycles. The summed E-state index contributed by atoms with van der Waals surface area (Å²) in [6, 6.07) is 20.4. The first-order valence-electron chi connectivity index (χ1n) is 12.7. The fraction of sp³-hybridized carbons (Fsp3) is 0.267. The van der Waals surface area contributed by atoms with Gasteiger partial charge in [-0.3, -0.25) is 4.79 Å². The third-order valence-corrected chi connectivity index (χ3v) is 8.49. The second kappa shape index (κ2) is 12.3. The van der Waals surface area contributed by atoms with Gasteiger partial charge in [-0.1, -0.05) is 30.3 Å². The number of nitrogens with one attached hydrogen (secondary N) is 1. The van der Waals surface area contributed by atoms with Crippen LogP contribution in [0.5, 0.6) is 11.5 Å². The summed E-state index contributed by atoms with van der Waals surface area (Å²) in [5, 5.41) is 15.8. The van der Waals surface area contributed by atoms with Gasteiger partial charge in [0.05, 0.1) is 25.5 Å². The number of nitriles is 1. The van der Waals surface area contributed by atoms with Gasteiger partial charge in [-0.2, -0.15) is 5.26 Å². The number of hydrogen-bond donors (Lipinski definition) is 1. The Morgan fingerprint density at radius 1 is 1.13 bits per heavy atom. The van der Waals surface area contributed by atoms with E-state index in [2.05, 4.69) is 40.6 Å². The lowest BCUT2D eigenvalue weighted by atomic mass is 9.82. The normalized spacial score (nSPS) is 14.2. The van der Waals surface area contributed by atoms with Crippen LogP contribution in [0.15, 0.2) is 65.0 Å². The summed E-state index contributed by atoms with van der Waals surface area (Å²) in [7, 11) is 3.18. The molecule has 0 fully saturated rings. The number of carbonyl (C=O) groups excluding carboxylic acids is 1. The summed E-state index contributed by atoms with van der Waals surface area (Å²) >= 11 is 2.82. The fourth-order valence-corrected chi connectivity index (χ4v) is 6.38. The van der Waals surface area contributed by atoms with Gasteiger partial charge in [0.25, 0.3) is 0 Å². The number of amides is 1. The molecule has 9 heteroatoms. The largest absolute Gasteiger partial charge is 0.493 e. The van der Waals surface area contributed by atoms with Crippen LogP contribution in [0.2, 0.25) is 0 Å². The zero-order valence-electron chi connectivity index (χ0n) is 21.8. The molecule has 1 N–H and O–H groups in total. The molecule has 1 aliphatic rings. The maximum Gasteiger partial charge on any atom is 0.226 e. The summed E-state index contributed by atoms with van der Waals surface area (Å²) in [5.74, 6) is 2.11. The van der Waals surface area contributed by atoms with Crippen molar-refractivity contribution in [3.8, 4) is 28.8 Å². The van der Waals surface area contributed by atoms with Gasteiger partial charge in [0.15, 0.2) is 16.6 Å². The molecule has 5 rings (SSSR count). The lowest BCUT2D eigenvalue weighted by molar-refractivity contribution is -0.115. The molecule has 7 nitrogen and oxygen atoms in total. The molecule has 4 aromatic rings. The van der Waals surface area contributed by atoms with Crippen molar-refractivity contribution >= 4 is 34.1 Å². The van der Waals surface area contributed by atoms with Crippen LogP contribution in [0.4, 0.5) is 5.13 Å². The second-order valence-electron chi connectivity index (χ2n) is 9.16. The van der Waals surface area contributed by atoms with E-state index in [1.165, 1.54) is 28.7 Å². The zero-order valence-corrected chi connectivity index (χ0v) is 23.4. The molecule has 0 radical (unpaired) electrons. The summed E-state index contributed by atoms with van der Waals surface area (Å²) in [4.78, 5) is 22.0. The highest BCUT2D eigenvalue weighted by atomic mass is 32.2. The number of thiazole rings is 1. The average Bonchev–Trinajstić information content (AvgIpc) is 3.44. The monoisotopic (exact) mass is 556 g/mol. The number of pyridine rings is 1. The maximum absolute atomic E-state index is 12.6. The van der Waals surface area contributed by atoms with E-state index in [9.17, 15) is 10.1 Å². The van der Waals surface area contributed by atoms with Crippen LogP contribution in [0.1, 0.15) is 41.1 Å². The molecule has 1 aliphatic carbocycles. The number of carbonyl (C=O) groups is 1. The Balaban J connectivity index is 1.17. The van der Waals surface area contributed by atoms with Crippen LogP contribution in [0.25, 0.3) is 11.3 Å². The first-order chi connectivity index (χ1) is 19.1. The van der Waals surface area contributed by atoms with Crippen LogP contribution in [0, 0.1) is 11.3 Å². The molecule has 2 aromatic heterocycles. The molecule has 1 atom stereocenters. The van der Waals surface area contributed by atoms with E-state index in [1.54, 1.807) is 14.2 Å². The topological polar surface area (TPSA) is 97.1 Å². The van der Waals surface area contributed by atoms with Gasteiger partial charge in [-0.05, 0) is 60.6 Å². The predicted octanol–water partition coefficient (Wildman–Crippen LogP) is 6.49. The molecule has 0 bridgehead atoms. The van der Waals surface area contributed by atoms with E-state index in [0.29, 0.717) is 38.9 Å². The number of fused-ring (bicyclic) bond motifs is 1. The highest BCUT2D eigenvalue weighted by Gasteiger charge is 2.23. The Bertz CT molecular complexity index is 1510. The number of aryl methyl sites for hydroxylation is 1. The lowest BCUT2D eigenvalue weighted by Crippen LogP contribution is -2.15. The summed E-state index contributed by atoms with van der Waals surface area (Å²) in [5.41, 5.74) is 5.76. The standard InChI is InChI=1S/C30H28N4O3S2/c1-36-26-11-9-21(16-27(26)37-2)25-18-39-30(33-25)34-28(35)12-13-38-29-23(17-31)15-22-14-20(8-10-24(22)32-29)19-6-4-3-5-7-19/h3-7,9,11,15-16,18,20H,8,10,12-14H2,1-2H3,(H,33,34,35). The van der Waals surface area contributed by atoms with Crippen LogP contribution in [-0.4, -0.2) is 35.8 Å². The number of benzene rings is 2. The molecular formula is C30H28N4O3S2. The number of aromatic nitrogens is 2. The van der Waals surface area contributed by atoms with E-state index in [1.807, 2.05) is 35.7 Å². The molecule has 2 heterocycles. The Hall–Kier alpha value is -3.87. The van der Waals surface area contributed by atoms with E-state index in [4.69, 9.17) is 14.5 Å². The number of anilines is 1. The highest BCUT2D eigenvalue weighted by Crippen LogP contribution is 2.35. The molecule has 0 spiro atoms. The first kappa shape index (κ1) is 26.7. The molecule has 0 aliphatic heterocycles. The van der Waals surface area contributed by atoms with Crippen LogP contribution in [-0.2, 0) is 17.6 Å². The van der Waals surface area contributed by atoms with E-state index < -0.39 is 0 Å². The highest BCUT2D eigenvalue weighted by molar-refractivity contribution is 7.99. The first-order valence-corrected chi connectivity index (χ1v) is 14.5. The number of methoxy groups -OCH3 is 2. The van der Waals surface area contributed by atoms with E-state index in [-0.39, 0.29) is 12.3 Å². The van der Waals surface area contributed by atoms with Gasteiger partial charge in [-0.15, -0.1) is 23.1 Å². The summed E-state index contributed by atoms with van der Waals surface area (Å²) < 4.78 is 10.7. The second-order valence-corrected chi connectivity index (χ2v) is 11.1. The Labute approximate surface area is 236 Å². The van der Waals surface area contributed by atoms with Gasteiger partial charge in [0, 0.05) is 28.8 Å². The van der Waals surface area contributed by atoms with Crippen molar-refractivity contribution in [1.29, 1.82) is 5.26 Å². The summed E-state index contributed by atoms with van der Waals surface area (Å²) in [6.07, 6.45) is 3.12. The van der Waals surface area contributed by atoms with Crippen molar-refractivity contribution in [1.82, 2.24) is 9.97 Å². The van der Waals surface area contributed by atoms with Gasteiger partial charge in [0.2, 0.25) is 5.91 Å². The number of thioether (sulfide) groups is 1. The lowest BCUT2D eigenvalue weighted by Gasteiger charge is -2.25. The van der Waals surface area contributed by atoms with E-state index >= 15 is 0 Å². The van der Waals surface area contributed by atoms with Crippen LogP contribution in [0.3, 0.4) is 0 Å². The third kappa shape index (κ3) is 6.24. The van der Waals surface area contributed by atoms with Crippen molar-refractivity contribution in [2.75, 3.05) is 25.3 Å². The maximum atomic E-state index is 12.6. The summed E-state index contributed by atoms with van der Waals surface area (Å²) in [6.45, 7) is 0. The van der Waals surface area contributed by atoms with Gasteiger partial charge in [0.1, 0.15) is 11.1 Å². The van der Waals surface area contributed by atoms with E-state index in [0.717, 1.165) is 41.8 Å². The fourth-order valence-electron chi connectivity index (χ4n) is 4.73. The Kier molecular flexibility index (Phi) is 8.45. The minimum atomic E-state index is -0.127. The molecule has 1 amide bonds. The Morgan fingerprint density at radius 3 is 2.72 bits per heavy atom. The van der Waals surface area contributed by atoms with Crippen molar-refractivity contribution < 1.29 is 14.3 Å². The quantitative estimate of drug-likeness (QED) is 0.235. The number of rotatable bonds is 9. The molecular weight excluding hydrogens is 528 g/mol. The van der Waals surface area contributed by atoms with Crippen LogP contribution < -0.4 is 14.8 Å². The van der Waals surface area contributed by atoms with Crippen molar-refractivity contribution in [2.24, 2.45) is 0 Å². The minimum Gasteiger partial charge on any atom is -0.493 e. The van der Waals surface area contributed by atoms with Crippen molar-refractivity contribution in [2.45, 2.75) is 36.6 Å². The van der Waals surface area contributed by atoms with Crippen molar-refractivity contribution in [3.05, 3.63) is 82.4 Å². The van der Waals surface area contributed by atoms with Gasteiger partial charge in [-0.25, -0.2) is 9.97 Å². The SMILES string of the molecule is COc1ccc(-c2csc(NC(=O)CCSc3nc4c(cc3C#N)CC(c3ccccc3)CC4)n2)cc1OC. The number of hydrogen-bond acceptors (Lipinski definition) is 8. The number of ether oxygens (including phenoxy) is 2. The van der Waals surface area contributed by atoms with Crippen molar-refractivity contribution in [3.63, 3.8) is 0 Å². The van der Waals surface area contributed by atoms with Gasteiger partial charge < -0.3 is 14.8 Å². The van der Waals surface area contributed by atoms with Crippen LogP contribution >= 0.6 is 23.1 Å². The average molecular weight is 557 g/mol. The predicted molar refractivity (Wildman–Crippen MR) is 155 cm³/mol. The molecule has 39 heavy (non-hydrogen) atoms. The zero-order chi connectivity index (χ0) is 27.2. The molecule has 198 valence electrons. The molecule has 0 saturated carbocycles. The third-order valence-electron chi connectivity index (χ3n) is 6.74. The Morgan fingerprint density at radius 2 is 1.95 bits per heavy atom. The number of nitrogens with zero attached hydrogens (tertiary/aromatic N) is 3. The van der Waals surface area contributed by atoms with Gasteiger partial charge >= 0.3 is 0 Å².